The summed E-state index contributed by atoms with van der Waals surface area (Å²) < 4.78 is 23.8. The summed E-state index contributed by atoms with van der Waals surface area (Å²) in [6.45, 7) is 5.21. The predicted octanol–water partition coefficient (Wildman–Crippen LogP) is 5.39. The van der Waals surface area contributed by atoms with E-state index in [1.807, 2.05) is 42.5 Å². The number of rotatable bonds is 12. The van der Waals surface area contributed by atoms with Crippen LogP contribution >= 0.6 is 0 Å². The van der Waals surface area contributed by atoms with Gasteiger partial charge < -0.3 is 29.2 Å². The number of carboxylic acid groups (broad SMARTS) is 1. The Bertz CT molecular complexity index is 1680. The molecule has 0 fully saturated rings. The van der Waals surface area contributed by atoms with E-state index in [2.05, 4.69) is 24.4 Å². The van der Waals surface area contributed by atoms with Crippen molar-refractivity contribution in [3.05, 3.63) is 107 Å². The Balaban J connectivity index is 1.35. The molecular formula is C35H34N2O7. The van der Waals surface area contributed by atoms with Gasteiger partial charge in [-0.3, -0.25) is 10.1 Å². The molecule has 9 nitrogen and oxygen atoms in total. The molecule has 0 saturated heterocycles. The van der Waals surface area contributed by atoms with Crippen molar-refractivity contribution in [1.82, 2.24) is 5.32 Å². The van der Waals surface area contributed by atoms with Gasteiger partial charge in [-0.15, -0.1) is 0 Å². The summed E-state index contributed by atoms with van der Waals surface area (Å²) in [4.78, 5) is 11.6. The molecule has 226 valence electrons. The molecule has 1 aliphatic rings. The molecule has 1 aliphatic heterocycles. The Kier molecular flexibility index (Phi) is 9.65. The van der Waals surface area contributed by atoms with Gasteiger partial charge >= 0.3 is 5.97 Å². The van der Waals surface area contributed by atoms with Gasteiger partial charge in [0.05, 0.1) is 17.7 Å². The van der Waals surface area contributed by atoms with Gasteiger partial charge in [0.25, 0.3) is 0 Å². The first kappa shape index (κ1) is 30.4. The number of hydrogen-bond acceptors (Lipinski definition) is 8. The molecule has 4 aromatic carbocycles. The highest BCUT2D eigenvalue weighted by Gasteiger charge is 2.23. The molecule has 0 radical (unpaired) electrons. The van der Waals surface area contributed by atoms with Crippen LogP contribution in [0.2, 0.25) is 0 Å². The number of fused-ring (bicyclic) bond motifs is 1. The third kappa shape index (κ3) is 7.29. The second-order valence-electron chi connectivity index (χ2n) is 10.5. The molecule has 2 atom stereocenters. The van der Waals surface area contributed by atoms with Crippen molar-refractivity contribution in [1.29, 1.82) is 5.26 Å². The number of hydrogen-bond donors (Lipinski definition) is 3. The molecule has 0 aromatic heterocycles. The van der Waals surface area contributed by atoms with Crippen LogP contribution < -0.4 is 24.3 Å². The Hall–Kier alpha value is -5.04. The van der Waals surface area contributed by atoms with Gasteiger partial charge in [0, 0.05) is 18.2 Å². The van der Waals surface area contributed by atoms with Crippen LogP contribution in [0.3, 0.4) is 0 Å². The monoisotopic (exact) mass is 594 g/mol. The van der Waals surface area contributed by atoms with Gasteiger partial charge in [0.2, 0.25) is 0 Å². The summed E-state index contributed by atoms with van der Waals surface area (Å²) in [5.41, 5.74) is 6.22. The van der Waals surface area contributed by atoms with Crippen LogP contribution in [0.1, 0.15) is 34.7 Å². The van der Waals surface area contributed by atoms with Crippen LogP contribution in [-0.4, -0.2) is 41.5 Å². The number of ether oxygens (including phenoxy) is 4. The largest absolute Gasteiger partial charge is 0.489 e. The van der Waals surface area contributed by atoms with E-state index in [0.29, 0.717) is 42.4 Å². The van der Waals surface area contributed by atoms with Gasteiger partial charge in [0.15, 0.2) is 11.5 Å². The molecule has 5 rings (SSSR count). The molecule has 0 saturated carbocycles. The summed E-state index contributed by atoms with van der Waals surface area (Å²) in [7, 11) is 0. The third-order valence-electron chi connectivity index (χ3n) is 7.44. The zero-order chi connectivity index (χ0) is 31.1. The highest BCUT2D eigenvalue weighted by atomic mass is 16.6. The van der Waals surface area contributed by atoms with E-state index in [1.165, 1.54) is 6.92 Å². The van der Waals surface area contributed by atoms with E-state index in [4.69, 9.17) is 18.9 Å². The first-order chi connectivity index (χ1) is 21.3. The van der Waals surface area contributed by atoms with E-state index in [9.17, 15) is 20.3 Å². The number of nitrogens with zero attached hydrogens (tertiary/aromatic N) is 1. The average Bonchev–Trinajstić information content (AvgIpc) is 3.03. The van der Waals surface area contributed by atoms with Crippen molar-refractivity contribution in [2.24, 2.45) is 0 Å². The van der Waals surface area contributed by atoms with Crippen molar-refractivity contribution >= 4 is 5.97 Å². The first-order valence-electron chi connectivity index (χ1n) is 14.3. The molecule has 4 aromatic rings. The van der Waals surface area contributed by atoms with Gasteiger partial charge in [0.1, 0.15) is 44.0 Å². The molecule has 0 aliphatic carbocycles. The SMILES string of the molecule is Cc1c(COc2ccc(CNC(C(=O)O)C(C)O)c(OCc3cccc(C#N)c3)c2)cccc1-c1ccc2c(c1)OCCO2. The third-order valence-corrected chi connectivity index (χ3v) is 7.44. The number of aliphatic hydroxyl groups is 1. The van der Waals surface area contributed by atoms with E-state index >= 15 is 0 Å². The second kappa shape index (κ2) is 14.0. The molecule has 0 amide bonds. The normalized spacial score (nSPS) is 13.4. The van der Waals surface area contributed by atoms with E-state index < -0.39 is 18.1 Å². The fraction of sp³-hybridized carbons (Fsp3) is 0.257. The maximum Gasteiger partial charge on any atom is 0.323 e. The van der Waals surface area contributed by atoms with Gasteiger partial charge in [-0.05, 0) is 72.0 Å². The maximum absolute atomic E-state index is 11.6. The highest BCUT2D eigenvalue weighted by Crippen LogP contribution is 2.36. The van der Waals surface area contributed by atoms with Crippen LogP contribution in [0.25, 0.3) is 11.1 Å². The van der Waals surface area contributed by atoms with Crippen LogP contribution in [-0.2, 0) is 24.6 Å². The number of carboxylic acids is 1. The van der Waals surface area contributed by atoms with Gasteiger partial charge in [-0.1, -0.05) is 42.5 Å². The summed E-state index contributed by atoms with van der Waals surface area (Å²) in [5.74, 6) is 1.40. The van der Waals surface area contributed by atoms with Crippen molar-refractivity contribution in [2.45, 2.75) is 45.8 Å². The van der Waals surface area contributed by atoms with Crippen LogP contribution in [0, 0.1) is 18.3 Å². The topological polar surface area (TPSA) is 130 Å². The van der Waals surface area contributed by atoms with Crippen LogP contribution in [0.4, 0.5) is 0 Å². The van der Waals surface area contributed by atoms with Crippen molar-refractivity contribution in [3.8, 4) is 40.2 Å². The molecular weight excluding hydrogens is 560 g/mol. The van der Waals surface area contributed by atoms with Crippen molar-refractivity contribution in [2.75, 3.05) is 13.2 Å². The first-order valence-corrected chi connectivity index (χ1v) is 14.3. The molecule has 3 N–H and O–H groups in total. The van der Waals surface area contributed by atoms with Crippen molar-refractivity contribution < 1.29 is 34.0 Å². The highest BCUT2D eigenvalue weighted by molar-refractivity contribution is 5.74. The fourth-order valence-electron chi connectivity index (χ4n) is 5.01. The summed E-state index contributed by atoms with van der Waals surface area (Å²) in [6, 6.07) is 25.5. The Morgan fingerprint density at radius 3 is 2.52 bits per heavy atom. The zero-order valence-corrected chi connectivity index (χ0v) is 24.6. The molecule has 2 unspecified atom stereocenters. The predicted molar refractivity (Wildman–Crippen MR) is 164 cm³/mol. The summed E-state index contributed by atoms with van der Waals surface area (Å²) in [5, 5.41) is 31.5. The van der Waals surface area contributed by atoms with Crippen LogP contribution in [0.5, 0.6) is 23.0 Å². The van der Waals surface area contributed by atoms with Gasteiger partial charge in [-0.2, -0.15) is 5.26 Å². The fourth-order valence-corrected chi connectivity index (χ4v) is 5.01. The maximum atomic E-state index is 11.6. The minimum atomic E-state index is -1.15. The minimum absolute atomic E-state index is 0.145. The molecule has 9 heteroatoms. The lowest BCUT2D eigenvalue weighted by molar-refractivity contribution is -0.142. The number of carbonyl (C=O) groups is 1. The number of aliphatic carboxylic acids is 1. The molecule has 0 spiro atoms. The number of nitriles is 1. The lowest BCUT2D eigenvalue weighted by atomic mass is 9.96. The molecule has 1 heterocycles. The Morgan fingerprint density at radius 2 is 1.75 bits per heavy atom. The van der Waals surface area contributed by atoms with Crippen LogP contribution in [0.15, 0.2) is 78.9 Å². The van der Waals surface area contributed by atoms with E-state index in [-0.39, 0.29) is 13.2 Å². The number of benzene rings is 4. The van der Waals surface area contributed by atoms with E-state index in [0.717, 1.165) is 39.3 Å². The Labute approximate surface area is 256 Å². The van der Waals surface area contributed by atoms with Crippen molar-refractivity contribution in [3.63, 3.8) is 0 Å². The average molecular weight is 595 g/mol. The summed E-state index contributed by atoms with van der Waals surface area (Å²) >= 11 is 0. The zero-order valence-electron chi connectivity index (χ0n) is 24.6. The summed E-state index contributed by atoms with van der Waals surface area (Å²) in [6.07, 6.45) is -1.09. The standard InChI is InChI=1S/C35H34N2O7/c1-22-28(7-4-8-30(22)26-10-12-31-33(16-26)42-14-13-41-31)21-43-29-11-9-27(19-37-34(23(2)38)35(39)40)32(17-29)44-20-25-6-3-5-24(15-25)18-36/h3-12,15-17,23,34,37-38H,13-14,19-21H2,1-2H3,(H,39,40). The number of nitrogens with one attached hydrogen (secondary N) is 1. The van der Waals surface area contributed by atoms with Gasteiger partial charge in [-0.25, -0.2) is 0 Å². The minimum Gasteiger partial charge on any atom is -0.489 e. The molecule has 0 bridgehead atoms. The number of aliphatic hydroxyl groups excluding tert-OH is 1. The lowest BCUT2D eigenvalue weighted by Gasteiger charge is -2.20. The smallest absolute Gasteiger partial charge is 0.323 e. The molecule has 44 heavy (non-hydrogen) atoms. The quantitative estimate of drug-likeness (QED) is 0.198. The Morgan fingerprint density at radius 1 is 0.955 bits per heavy atom. The lowest BCUT2D eigenvalue weighted by Crippen LogP contribution is -2.44. The second-order valence-corrected chi connectivity index (χ2v) is 10.5. The van der Waals surface area contributed by atoms with E-state index in [1.54, 1.807) is 30.3 Å².